The van der Waals surface area contributed by atoms with Crippen LogP contribution in [-0.4, -0.2) is 21.4 Å². The first kappa shape index (κ1) is 17.1. The molecule has 0 unspecified atom stereocenters. The first-order valence-electron chi connectivity index (χ1n) is 7.28. The number of imide groups is 1. The number of halogens is 1. The van der Waals surface area contributed by atoms with Crippen LogP contribution in [0.2, 0.25) is 5.02 Å². The molecule has 25 heavy (non-hydrogen) atoms. The molecule has 3 amide bonds. The Hall–Kier alpha value is -2.70. The van der Waals surface area contributed by atoms with Crippen molar-refractivity contribution in [2.75, 3.05) is 5.32 Å². The molecule has 126 valence electrons. The highest BCUT2D eigenvalue weighted by Gasteiger charge is 2.20. The number of aromatic hydroxyl groups is 1. The third-order valence-electron chi connectivity index (χ3n) is 3.62. The van der Waals surface area contributed by atoms with E-state index in [-0.39, 0.29) is 11.3 Å². The van der Waals surface area contributed by atoms with E-state index in [9.17, 15) is 14.7 Å². The summed E-state index contributed by atoms with van der Waals surface area (Å²) >= 11 is 9.78. The van der Waals surface area contributed by atoms with Crippen molar-refractivity contribution in [3.05, 3.63) is 71.2 Å². The number of carbonyl (C=O) groups is 2. The van der Waals surface area contributed by atoms with Crippen LogP contribution in [0.25, 0.3) is 10.8 Å². The van der Waals surface area contributed by atoms with Gasteiger partial charge in [-0.1, -0.05) is 48.7 Å². The molecule has 0 heterocycles. The lowest BCUT2D eigenvalue weighted by molar-refractivity contribution is 0.0902. The molecule has 7 heteroatoms. The SMILES string of the molecule is O=C(Nc1cccc2c(O)cccc12)N(S)C(=O)c1ccc(Cl)cc1. The summed E-state index contributed by atoms with van der Waals surface area (Å²) in [6.07, 6.45) is 0. The summed E-state index contributed by atoms with van der Waals surface area (Å²) in [4.78, 5) is 24.7. The molecule has 5 nitrogen and oxygen atoms in total. The minimum absolute atomic E-state index is 0.105. The van der Waals surface area contributed by atoms with E-state index >= 15 is 0 Å². The smallest absolute Gasteiger partial charge is 0.338 e. The molecule has 3 aromatic rings. The van der Waals surface area contributed by atoms with Gasteiger partial charge in [-0.05, 0) is 36.4 Å². The fraction of sp³-hybridized carbons (Fsp3) is 0. The zero-order chi connectivity index (χ0) is 18.0. The van der Waals surface area contributed by atoms with Gasteiger partial charge in [0.05, 0.1) is 5.69 Å². The second-order valence-electron chi connectivity index (χ2n) is 5.23. The van der Waals surface area contributed by atoms with Crippen molar-refractivity contribution in [1.29, 1.82) is 0 Å². The van der Waals surface area contributed by atoms with Gasteiger partial charge in [0.2, 0.25) is 0 Å². The Balaban J connectivity index is 1.83. The number of urea groups is 1. The second-order valence-corrected chi connectivity index (χ2v) is 6.07. The minimum Gasteiger partial charge on any atom is -0.507 e. The van der Waals surface area contributed by atoms with Gasteiger partial charge in [0.1, 0.15) is 5.75 Å². The summed E-state index contributed by atoms with van der Waals surface area (Å²) < 4.78 is 0.685. The van der Waals surface area contributed by atoms with E-state index in [1.165, 1.54) is 12.1 Å². The van der Waals surface area contributed by atoms with Crippen LogP contribution in [0.5, 0.6) is 5.75 Å². The summed E-state index contributed by atoms with van der Waals surface area (Å²) in [5, 5.41) is 14.3. The number of nitrogens with zero attached hydrogens (tertiary/aromatic N) is 1. The second kappa shape index (κ2) is 7.04. The van der Waals surface area contributed by atoms with E-state index in [0.29, 0.717) is 25.8 Å². The quantitative estimate of drug-likeness (QED) is 0.570. The molecular weight excluding hydrogens is 360 g/mol. The van der Waals surface area contributed by atoms with Crippen LogP contribution in [0, 0.1) is 0 Å². The number of thiol groups is 1. The highest BCUT2D eigenvalue weighted by molar-refractivity contribution is 7.79. The zero-order valence-electron chi connectivity index (χ0n) is 12.8. The fourth-order valence-corrected chi connectivity index (χ4v) is 2.67. The molecule has 2 N–H and O–H groups in total. The van der Waals surface area contributed by atoms with Crippen molar-refractivity contribution in [3.63, 3.8) is 0 Å². The van der Waals surface area contributed by atoms with E-state index in [4.69, 9.17) is 11.6 Å². The highest BCUT2D eigenvalue weighted by atomic mass is 35.5. The number of amides is 3. The molecule has 0 aliphatic heterocycles. The van der Waals surface area contributed by atoms with Gasteiger partial charge in [-0.15, -0.1) is 0 Å². The van der Waals surface area contributed by atoms with Crippen LogP contribution in [0.4, 0.5) is 10.5 Å². The van der Waals surface area contributed by atoms with Gasteiger partial charge in [0.15, 0.2) is 0 Å². The maximum Gasteiger partial charge on any atom is 0.338 e. The Labute approximate surface area is 154 Å². The average molecular weight is 373 g/mol. The number of nitrogens with one attached hydrogen (secondary N) is 1. The van der Waals surface area contributed by atoms with E-state index in [1.54, 1.807) is 48.5 Å². The lowest BCUT2D eigenvalue weighted by Crippen LogP contribution is -2.32. The molecule has 0 fully saturated rings. The van der Waals surface area contributed by atoms with Crippen molar-refractivity contribution in [2.24, 2.45) is 0 Å². The van der Waals surface area contributed by atoms with Crippen molar-refractivity contribution >= 4 is 52.8 Å². The number of phenolic OH excluding ortho intramolecular Hbond substituents is 1. The van der Waals surface area contributed by atoms with Gasteiger partial charge in [0.25, 0.3) is 5.91 Å². The Kier molecular flexibility index (Phi) is 4.83. The zero-order valence-corrected chi connectivity index (χ0v) is 14.5. The number of phenols is 1. The summed E-state index contributed by atoms with van der Waals surface area (Å²) in [5.74, 6) is -0.478. The Morgan fingerprint density at radius 2 is 1.60 bits per heavy atom. The Bertz CT molecular complexity index is 960. The number of hydrogen-bond donors (Lipinski definition) is 3. The van der Waals surface area contributed by atoms with Gasteiger partial charge in [0, 0.05) is 21.4 Å². The van der Waals surface area contributed by atoms with Gasteiger partial charge in [-0.25, -0.2) is 9.10 Å². The number of anilines is 1. The molecule has 0 aromatic heterocycles. The van der Waals surface area contributed by atoms with Crippen molar-refractivity contribution in [2.45, 2.75) is 0 Å². The molecule has 0 saturated heterocycles. The standard InChI is InChI=1S/C18H13ClN2O3S/c19-12-9-7-11(8-10-12)17(23)21(25)18(24)20-15-5-1-4-14-13(15)3-2-6-16(14)22/h1-10,22,25H,(H,20,24). The number of fused-ring (bicyclic) bond motifs is 1. The number of carbonyl (C=O) groups excluding carboxylic acids is 2. The normalized spacial score (nSPS) is 10.5. The van der Waals surface area contributed by atoms with Crippen molar-refractivity contribution in [1.82, 2.24) is 4.31 Å². The molecule has 0 radical (unpaired) electrons. The Morgan fingerprint density at radius 3 is 2.32 bits per heavy atom. The lowest BCUT2D eigenvalue weighted by atomic mass is 10.1. The third kappa shape index (κ3) is 3.55. The highest BCUT2D eigenvalue weighted by Crippen LogP contribution is 2.30. The molecular formula is C18H13ClN2O3S. The van der Waals surface area contributed by atoms with Gasteiger partial charge in [-0.2, -0.15) is 0 Å². The van der Waals surface area contributed by atoms with Crippen molar-refractivity contribution < 1.29 is 14.7 Å². The first-order chi connectivity index (χ1) is 12.0. The topological polar surface area (TPSA) is 69.6 Å². The largest absolute Gasteiger partial charge is 0.507 e. The summed E-state index contributed by atoms with van der Waals surface area (Å²) in [6, 6.07) is 15.5. The molecule has 0 aliphatic carbocycles. The molecule has 3 aromatic carbocycles. The molecule has 3 rings (SSSR count). The van der Waals surface area contributed by atoms with Crippen LogP contribution >= 0.6 is 24.4 Å². The average Bonchev–Trinajstić information content (AvgIpc) is 2.62. The summed E-state index contributed by atoms with van der Waals surface area (Å²) in [5.41, 5.74) is 0.742. The fourth-order valence-electron chi connectivity index (χ4n) is 2.38. The predicted octanol–water partition coefficient (Wildman–Crippen LogP) is 4.72. The van der Waals surface area contributed by atoms with Crippen LogP contribution in [0.1, 0.15) is 10.4 Å². The third-order valence-corrected chi connectivity index (χ3v) is 4.23. The van der Waals surface area contributed by atoms with E-state index in [1.807, 2.05) is 0 Å². The van der Waals surface area contributed by atoms with E-state index in [2.05, 4.69) is 18.1 Å². The van der Waals surface area contributed by atoms with Gasteiger partial charge >= 0.3 is 6.03 Å². The van der Waals surface area contributed by atoms with Crippen LogP contribution in [0.15, 0.2) is 60.7 Å². The number of benzene rings is 3. The first-order valence-corrected chi connectivity index (χ1v) is 8.06. The number of rotatable bonds is 2. The molecule has 0 bridgehead atoms. The van der Waals surface area contributed by atoms with Crippen LogP contribution in [0.3, 0.4) is 0 Å². The van der Waals surface area contributed by atoms with Crippen LogP contribution < -0.4 is 5.32 Å². The van der Waals surface area contributed by atoms with Crippen molar-refractivity contribution in [3.8, 4) is 5.75 Å². The van der Waals surface area contributed by atoms with Gasteiger partial charge < -0.3 is 10.4 Å². The number of hydrogen-bond acceptors (Lipinski definition) is 4. The summed E-state index contributed by atoms with van der Waals surface area (Å²) in [6.45, 7) is 0. The monoisotopic (exact) mass is 372 g/mol. The molecule has 0 aliphatic rings. The Morgan fingerprint density at radius 1 is 0.960 bits per heavy atom. The van der Waals surface area contributed by atoms with Gasteiger partial charge in [-0.3, -0.25) is 4.79 Å². The van der Waals surface area contributed by atoms with Crippen LogP contribution in [-0.2, 0) is 0 Å². The lowest BCUT2D eigenvalue weighted by Gasteiger charge is -2.16. The summed E-state index contributed by atoms with van der Waals surface area (Å²) in [7, 11) is 0. The minimum atomic E-state index is -0.709. The maximum atomic E-state index is 12.4. The molecule has 0 spiro atoms. The maximum absolute atomic E-state index is 12.4. The molecule has 0 saturated carbocycles. The van der Waals surface area contributed by atoms with E-state index in [0.717, 1.165) is 0 Å². The predicted molar refractivity (Wildman–Crippen MR) is 101 cm³/mol. The van der Waals surface area contributed by atoms with E-state index < -0.39 is 11.9 Å². The molecule has 0 atom stereocenters.